The van der Waals surface area contributed by atoms with Crippen LogP contribution < -0.4 is 5.73 Å². The molecule has 0 bridgehead atoms. The second kappa shape index (κ2) is 6.86. The van der Waals surface area contributed by atoms with Gasteiger partial charge in [0, 0.05) is 6.54 Å². The Morgan fingerprint density at radius 2 is 1.94 bits per heavy atom. The number of likely N-dealkylation sites (tertiary alicyclic amines) is 1. The van der Waals surface area contributed by atoms with Crippen molar-refractivity contribution in [3.8, 4) is 0 Å². The number of nitrogens with two attached hydrogens (primary N) is 1. The van der Waals surface area contributed by atoms with Crippen LogP contribution in [0.25, 0.3) is 0 Å². The molecule has 3 heteroatoms. The van der Waals surface area contributed by atoms with E-state index in [0.29, 0.717) is 0 Å². The van der Waals surface area contributed by atoms with Gasteiger partial charge in [-0.25, -0.2) is 4.39 Å². The predicted molar refractivity (Wildman–Crippen MR) is 72.9 cm³/mol. The highest BCUT2D eigenvalue weighted by atomic mass is 19.1. The van der Waals surface area contributed by atoms with Crippen molar-refractivity contribution >= 4 is 0 Å². The number of rotatable bonds is 5. The third kappa shape index (κ3) is 3.79. The Morgan fingerprint density at radius 1 is 1.22 bits per heavy atom. The van der Waals surface area contributed by atoms with Crippen LogP contribution in [0, 0.1) is 11.7 Å². The lowest BCUT2D eigenvalue weighted by Gasteiger charge is -2.31. The van der Waals surface area contributed by atoms with Gasteiger partial charge in [-0.05, 0) is 62.9 Å². The molecule has 0 atom stereocenters. The summed E-state index contributed by atoms with van der Waals surface area (Å²) in [6.07, 6.45) is 4.46. The molecule has 1 fully saturated rings. The van der Waals surface area contributed by atoms with Crippen LogP contribution in [0.2, 0.25) is 0 Å². The maximum absolute atomic E-state index is 13.5. The number of nitrogens with zero attached hydrogens (tertiary/aromatic N) is 1. The maximum atomic E-state index is 13.5. The highest BCUT2D eigenvalue weighted by Gasteiger charge is 2.18. The summed E-state index contributed by atoms with van der Waals surface area (Å²) in [6.45, 7) is 4.05. The number of hydrogen-bond acceptors (Lipinski definition) is 2. The maximum Gasteiger partial charge on any atom is 0.126 e. The van der Waals surface area contributed by atoms with Crippen LogP contribution in [0.1, 0.15) is 24.8 Å². The van der Waals surface area contributed by atoms with Crippen molar-refractivity contribution in [3.63, 3.8) is 0 Å². The summed E-state index contributed by atoms with van der Waals surface area (Å²) < 4.78 is 13.5. The van der Waals surface area contributed by atoms with E-state index < -0.39 is 0 Å². The Hall–Kier alpha value is -0.930. The van der Waals surface area contributed by atoms with E-state index in [1.54, 1.807) is 12.1 Å². The Labute approximate surface area is 109 Å². The van der Waals surface area contributed by atoms with Crippen molar-refractivity contribution in [1.82, 2.24) is 4.90 Å². The molecule has 0 aromatic heterocycles. The van der Waals surface area contributed by atoms with Gasteiger partial charge in [0.25, 0.3) is 0 Å². The molecule has 100 valence electrons. The molecule has 1 aliphatic rings. The zero-order chi connectivity index (χ0) is 12.8. The van der Waals surface area contributed by atoms with E-state index in [1.165, 1.54) is 12.8 Å². The highest BCUT2D eigenvalue weighted by Crippen LogP contribution is 2.20. The molecule has 0 aliphatic carbocycles. The molecule has 1 heterocycles. The average molecular weight is 250 g/mol. The van der Waals surface area contributed by atoms with Gasteiger partial charge in [-0.2, -0.15) is 0 Å². The second-order valence-corrected chi connectivity index (χ2v) is 5.20. The third-order valence-electron chi connectivity index (χ3n) is 3.94. The Kier molecular flexibility index (Phi) is 5.14. The molecule has 18 heavy (non-hydrogen) atoms. The molecule has 1 aromatic rings. The van der Waals surface area contributed by atoms with E-state index in [0.717, 1.165) is 50.5 Å². The summed E-state index contributed by atoms with van der Waals surface area (Å²) in [7, 11) is 0. The summed E-state index contributed by atoms with van der Waals surface area (Å²) in [5.74, 6) is 0.732. The van der Waals surface area contributed by atoms with Gasteiger partial charge in [0.15, 0.2) is 0 Å². The molecule has 2 N–H and O–H groups in total. The van der Waals surface area contributed by atoms with Gasteiger partial charge in [-0.3, -0.25) is 0 Å². The van der Waals surface area contributed by atoms with Gasteiger partial charge in [0.2, 0.25) is 0 Å². The molecule has 1 saturated heterocycles. The molecule has 1 aromatic carbocycles. The normalized spacial score (nSPS) is 18.1. The number of hydrogen-bond donors (Lipinski definition) is 1. The van der Waals surface area contributed by atoms with Crippen LogP contribution in [0.3, 0.4) is 0 Å². The minimum atomic E-state index is -0.0736. The van der Waals surface area contributed by atoms with Crippen molar-refractivity contribution in [1.29, 1.82) is 0 Å². The summed E-state index contributed by atoms with van der Waals surface area (Å²) in [5, 5.41) is 0. The second-order valence-electron chi connectivity index (χ2n) is 5.20. The van der Waals surface area contributed by atoms with E-state index in [9.17, 15) is 4.39 Å². The summed E-state index contributed by atoms with van der Waals surface area (Å²) in [4.78, 5) is 2.44. The minimum absolute atomic E-state index is 0.0736. The Balaban J connectivity index is 1.74. The van der Waals surface area contributed by atoms with Crippen LogP contribution in [-0.2, 0) is 6.42 Å². The third-order valence-corrected chi connectivity index (χ3v) is 3.94. The molecule has 0 saturated carbocycles. The molecule has 0 amide bonds. The monoisotopic (exact) mass is 250 g/mol. The predicted octanol–water partition coefficient (Wildman–Crippen LogP) is 2.43. The number of benzene rings is 1. The van der Waals surface area contributed by atoms with Gasteiger partial charge >= 0.3 is 0 Å². The average Bonchev–Trinajstić information content (AvgIpc) is 2.40. The lowest BCUT2D eigenvalue weighted by Crippen LogP contribution is -2.35. The van der Waals surface area contributed by atoms with Gasteiger partial charge < -0.3 is 10.6 Å². The molecular formula is C15H23FN2. The summed E-state index contributed by atoms with van der Waals surface area (Å²) in [6, 6.07) is 7.09. The quantitative estimate of drug-likeness (QED) is 0.869. The molecule has 2 nitrogen and oxygen atoms in total. The molecule has 0 radical (unpaired) electrons. The fraction of sp³-hybridized carbons (Fsp3) is 0.600. The van der Waals surface area contributed by atoms with Crippen molar-refractivity contribution in [3.05, 3.63) is 35.6 Å². The standard InChI is InChI=1S/C15H23FN2/c16-15-4-2-1-3-14(15)8-12-18-10-6-13(5-9-17)7-11-18/h1-4,13H,5-12,17H2. The summed E-state index contributed by atoms with van der Waals surface area (Å²) in [5.41, 5.74) is 6.42. The highest BCUT2D eigenvalue weighted by molar-refractivity contribution is 5.17. The smallest absolute Gasteiger partial charge is 0.126 e. The molecule has 0 spiro atoms. The zero-order valence-electron chi connectivity index (χ0n) is 10.9. The first kappa shape index (κ1) is 13.5. The van der Waals surface area contributed by atoms with Gasteiger partial charge in [-0.15, -0.1) is 0 Å². The molecule has 2 rings (SSSR count). The van der Waals surface area contributed by atoms with Gasteiger partial charge in [0.1, 0.15) is 5.82 Å². The first-order valence-electron chi connectivity index (χ1n) is 6.95. The van der Waals surface area contributed by atoms with E-state index in [1.807, 2.05) is 12.1 Å². The fourth-order valence-corrected chi connectivity index (χ4v) is 2.71. The SMILES string of the molecule is NCCC1CCN(CCc2ccccc2F)CC1. The van der Waals surface area contributed by atoms with Crippen LogP contribution in [0.15, 0.2) is 24.3 Å². The van der Waals surface area contributed by atoms with Crippen LogP contribution in [-0.4, -0.2) is 31.1 Å². The van der Waals surface area contributed by atoms with E-state index in [4.69, 9.17) is 5.73 Å². The minimum Gasteiger partial charge on any atom is -0.330 e. The lowest BCUT2D eigenvalue weighted by molar-refractivity contribution is 0.182. The summed E-state index contributed by atoms with van der Waals surface area (Å²) >= 11 is 0. The molecule has 1 aliphatic heterocycles. The van der Waals surface area contributed by atoms with Crippen molar-refractivity contribution in [2.45, 2.75) is 25.7 Å². The van der Waals surface area contributed by atoms with Crippen molar-refractivity contribution < 1.29 is 4.39 Å². The first-order chi connectivity index (χ1) is 8.79. The zero-order valence-corrected chi connectivity index (χ0v) is 10.9. The van der Waals surface area contributed by atoms with Gasteiger partial charge in [0.05, 0.1) is 0 Å². The van der Waals surface area contributed by atoms with Crippen LogP contribution >= 0.6 is 0 Å². The number of piperidine rings is 1. The molecular weight excluding hydrogens is 227 g/mol. The van der Waals surface area contributed by atoms with E-state index >= 15 is 0 Å². The van der Waals surface area contributed by atoms with Crippen LogP contribution in [0.4, 0.5) is 4.39 Å². The largest absolute Gasteiger partial charge is 0.330 e. The fourth-order valence-electron chi connectivity index (χ4n) is 2.71. The Bertz CT molecular complexity index is 359. The van der Waals surface area contributed by atoms with Gasteiger partial charge in [-0.1, -0.05) is 18.2 Å². The Morgan fingerprint density at radius 3 is 2.61 bits per heavy atom. The van der Waals surface area contributed by atoms with Crippen molar-refractivity contribution in [2.24, 2.45) is 11.7 Å². The van der Waals surface area contributed by atoms with E-state index in [-0.39, 0.29) is 5.82 Å². The lowest BCUT2D eigenvalue weighted by atomic mass is 9.93. The number of halogens is 1. The first-order valence-corrected chi connectivity index (χ1v) is 6.95. The van der Waals surface area contributed by atoms with Crippen LogP contribution in [0.5, 0.6) is 0 Å². The molecule has 0 unspecified atom stereocenters. The van der Waals surface area contributed by atoms with E-state index in [2.05, 4.69) is 4.90 Å². The topological polar surface area (TPSA) is 29.3 Å². The van der Waals surface area contributed by atoms with Crippen molar-refractivity contribution in [2.75, 3.05) is 26.2 Å².